The molecule has 128 valence electrons. The number of rotatable bonds is 6. The molecule has 2 aromatic carbocycles. The van der Waals surface area contributed by atoms with Crippen molar-refractivity contribution in [2.75, 3.05) is 14.2 Å². The van der Waals surface area contributed by atoms with Crippen molar-refractivity contribution in [1.29, 1.82) is 5.41 Å². The summed E-state index contributed by atoms with van der Waals surface area (Å²) in [7, 11) is 3.25. The van der Waals surface area contributed by atoms with E-state index in [0.29, 0.717) is 23.6 Å². The van der Waals surface area contributed by atoms with E-state index >= 15 is 0 Å². The fraction of sp³-hybridized carbons (Fsp3) is 0.158. The third-order valence-electron chi connectivity index (χ3n) is 3.92. The number of hydrogen-bond acceptors (Lipinski definition) is 4. The number of nitrogens with one attached hydrogen (secondary N) is 1. The summed E-state index contributed by atoms with van der Waals surface area (Å²) in [5.41, 5.74) is 8.24. The van der Waals surface area contributed by atoms with Gasteiger partial charge in [0.2, 0.25) is 0 Å². The predicted molar refractivity (Wildman–Crippen MR) is 97.3 cm³/mol. The maximum Gasteiger partial charge on any atom is 0.140 e. The lowest BCUT2D eigenvalue weighted by Gasteiger charge is -2.11. The number of nitrogens with two attached hydrogens (primary N) is 1. The number of hydrogen-bond donors (Lipinski definition) is 2. The number of methoxy groups -OCH3 is 2. The summed E-state index contributed by atoms with van der Waals surface area (Å²) < 4.78 is 12.7. The normalized spacial score (nSPS) is 10.5. The lowest BCUT2D eigenvalue weighted by molar-refractivity contribution is 0.394. The van der Waals surface area contributed by atoms with Gasteiger partial charge >= 0.3 is 0 Å². The van der Waals surface area contributed by atoms with E-state index in [1.807, 2.05) is 53.2 Å². The van der Waals surface area contributed by atoms with Crippen molar-refractivity contribution in [3.63, 3.8) is 0 Å². The molecule has 3 aromatic rings. The Labute approximate surface area is 146 Å². The van der Waals surface area contributed by atoms with Crippen LogP contribution in [0.5, 0.6) is 11.5 Å². The molecule has 1 heterocycles. The number of nitrogen functional groups attached to an aromatic ring is 1. The van der Waals surface area contributed by atoms with Crippen LogP contribution in [0.1, 0.15) is 11.1 Å². The van der Waals surface area contributed by atoms with Crippen molar-refractivity contribution in [3.8, 4) is 22.9 Å². The van der Waals surface area contributed by atoms with Gasteiger partial charge in [0.15, 0.2) is 0 Å². The van der Waals surface area contributed by atoms with Crippen LogP contribution < -0.4 is 15.2 Å². The van der Waals surface area contributed by atoms with Gasteiger partial charge in [0.25, 0.3) is 0 Å². The summed E-state index contributed by atoms with van der Waals surface area (Å²) >= 11 is 0. The number of amidine groups is 1. The van der Waals surface area contributed by atoms with Gasteiger partial charge in [-0.05, 0) is 23.8 Å². The minimum Gasteiger partial charge on any atom is -0.497 e. The monoisotopic (exact) mass is 336 g/mol. The Bertz CT molecular complexity index is 880. The van der Waals surface area contributed by atoms with Crippen molar-refractivity contribution in [2.24, 2.45) is 5.73 Å². The maximum atomic E-state index is 7.58. The highest BCUT2D eigenvalue weighted by Gasteiger charge is 2.10. The molecular weight excluding hydrogens is 316 g/mol. The van der Waals surface area contributed by atoms with E-state index in [1.54, 1.807) is 20.4 Å². The molecule has 3 N–H and O–H groups in total. The molecule has 0 fully saturated rings. The molecule has 0 saturated heterocycles. The van der Waals surface area contributed by atoms with Gasteiger partial charge in [-0.25, -0.2) is 4.98 Å². The SMILES string of the molecule is COc1cc(OC)cc(-c2nccn2Cc2cccc(C(=N)N)c2)c1. The van der Waals surface area contributed by atoms with Gasteiger partial charge in [0, 0.05) is 36.1 Å². The smallest absolute Gasteiger partial charge is 0.140 e. The average molecular weight is 336 g/mol. The Hall–Kier alpha value is -3.28. The molecule has 0 saturated carbocycles. The molecule has 0 aliphatic rings. The molecule has 25 heavy (non-hydrogen) atoms. The number of benzene rings is 2. The summed E-state index contributed by atoms with van der Waals surface area (Å²) in [4.78, 5) is 4.48. The zero-order valence-corrected chi connectivity index (χ0v) is 14.2. The quantitative estimate of drug-likeness (QED) is 0.535. The molecule has 0 aliphatic heterocycles. The topological polar surface area (TPSA) is 86.2 Å². The summed E-state index contributed by atoms with van der Waals surface area (Å²) in [6.45, 7) is 0.621. The highest BCUT2D eigenvalue weighted by Crippen LogP contribution is 2.29. The molecule has 0 radical (unpaired) electrons. The van der Waals surface area contributed by atoms with E-state index in [4.69, 9.17) is 20.6 Å². The van der Waals surface area contributed by atoms with Gasteiger partial charge in [0.05, 0.1) is 14.2 Å². The molecule has 0 bridgehead atoms. The van der Waals surface area contributed by atoms with Gasteiger partial charge in [-0.1, -0.05) is 18.2 Å². The standard InChI is InChI=1S/C19H20N4O2/c1-24-16-9-15(10-17(11-16)25-2)19-22-6-7-23(19)12-13-4-3-5-14(8-13)18(20)21/h3-11H,12H2,1-2H3,(H3,20,21). The molecule has 1 aromatic heterocycles. The van der Waals surface area contributed by atoms with Crippen LogP contribution in [0, 0.1) is 5.41 Å². The fourth-order valence-corrected chi connectivity index (χ4v) is 2.67. The third kappa shape index (κ3) is 3.63. The fourth-order valence-electron chi connectivity index (χ4n) is 2.67. The lowest BCUT2D eigenvalue weighted by Crippen LogP contribution is -2.11. The third-order valence-corrected chi connectivity index (χ3v) is 3.92. The Kier molecular flexibility index (Phi) is 4.70. The van der Waals surface area contributed by atoms with Gasteiger partial charge in [-0.15, -0.1) is 0 Å². The molecule has 3 rings (SSSR count). The van der Waals surface area contributed by atoms with Crippen LogP contribution >= 0.6 is 0 Å². The molecule has 0 atom stereocenters. The Morgan fingerprint density at radius 3 is 2.48 bits per heavy atom. The van der Waals surface area contributed by atoms with Crippen molar-refractivity contribution < 1.29 is 9.47 Å². The van der Waals surface area contributed by atoms with Crippen LogP contribution in [-0.2, 0) is 6.54 Å². The Morgan fingerprint density at radius 1 is 1.12 bits per heavy atom. The molecular formula is C19H20N4O2. The highest BCUT2D eigenvalue weighted by molar-refractivity contribution is 5.95. The average Bonchev–Trinajstić information content (AvgIpc) is 3.09. The Morgan fingerprint density at radius 2 is 1.84 bits per heavy atom. The van der Waals surface area contributed by atoms with Gasteiger partial charge in [-0.2, -0.15) is 0 Å². The van der Waals surface area contributed by atoms with Crippen molar-refractivity contribution >= 4 is 5.84 Å². The molecule has 0 spiro atoms. The maximum absolute atomic E-state index is 7.58. The second kappa shape index (κ2) is 7.09. The number of nitrogens with zero attached hydrogens (tertiary/aromatic N) is 2. The molecule has 6 nitrogen and oxygen atoms in total. The van der Waals surface area contributed by atoms with Crippen LogP contribution in [0.2, 0.25) is 0 Å². The highest BCUT2D eigenvalue weighted by atomic mass is 16.5. The number of imidazole rings is 1. The van der Waals surface area contributed by atoms with Gasteiger partial charge in [-0.3, -0.25) is 5.41 Å². The summed E-state index contributed by atoms with van der Waals surface area (Å²) in [6, 6.07) is 13.3. The zero-order valence-electron chi connectivity index (χ0n) is 14.2. The second-order valence-electron chi connectivity index (χ2n) is 5.59. The lowest BCUT2D eigenvalue weighted by atomic mass is 10.1. The largest absolute Gasteiger partial charge is 0.497 e. The summed E-state index contributed by atoms with van der Waals surface area (Å²) in [6.07, 6.45) is 3.68. The van der Waals surface area contributed by atoms with Crippen LogP contribution in [0.25, 0.3) is 11.4 Å². The first-order valence-corrected chi connectivity index (χ1v) is 7.78. The van der Waals surface area contributed by atoms with Crippen LogP contribution in [0.4, 0.5) is 0 Å². The summed E-state index contributed by atoms with van der Waals surface area (Å²) in [5, 5.41) is 7.58. The van der Waals surface area contributed by atoms with Crippen molar-refractivity contribution in [2.45, 2.75) is 6.54 Å². The second-order valence-corrected chi connectivity index (χ2v) is 5.59. The number of aromatic nitrogens is 2. The first-order chi connectivity index (χ1) is 12.1. The molecule has 0 amide bonds. The minimum absolute atomic E-state index is 0.0604. The minimum atomic E-state index is 0.0604. The van der Waals surface area contributed by atoms with E-state index in [9.17, 15) is 0 Å². The van der Waals surface area contributed by atoms with Crippen LogP contribution in [0.15, 0.2) is 54.9 Å². The van der Waals surface area contributed by atoms with Gasteiger partial charge in [0.1, 0.15) is 23.2 Å². The molecule has 6 heteroatoms. The van der Waals surface area contributed by atoms with E-state index in [0.717, 1.165) is 17.0 Å². The first kappa shape index (κ1) is 16.6. The summed E-state index contributed by atoms with van der Waals surface area (Å²) in [5.74, 6) is 2.29. The molecule has 0 aliphatic carbocycles. The first-order valence-electron chi connectivity index (χ1n) is 7.78. The van der Waals surface area contributed by atoms with E-state index in [1.165, 1.54) is 0 Å². The molecule has 0 unspecified atom stereocenters. The van der Waals surface area contributed by atoms with Crippen LogP contribution in [-0.4, -0.2) is 29.6 Å². The zero-order chi connectivity index (χ0) is 17.8. The van der Waals surface area contributed by atoms with Crippen LogP contribution in [0.3, 0.4) is 0 Å². The van der Waals surface area contributed by atoms with Gasteiger partial charge < -0.3 is 19.8 Å². The van der Waals surface area contributed by atoms with E-state index in [2.05, 4.69) is 4.98 Å². The van der Waals surface area contributed by atoms with Crippen molar-refractivity contribution in [3.05, 3.63) is 66.0 Å². The Balaban J connectivity index is 1.96. The van der Waals surface area contributed by atoms with Crippen molar-refractivity contribution in [1.82, 2.24) is 9.55 Å². The predicted octanol–water partition coefficient (Wildman–Crippen LogP) is 2.90. The number of ether oxygens (including phenoxy) is 2. The van der Waals surface area contributed by atoms with E-state index < -0.39 is 0 Å². The van der Waals surface area contributed by atoms with E-state index in [-0.39, 0.29) is 5.84 Å².